The van der Waals surface area contributed by atoms with Crippen LogP contribution in [0.5, 0.6) is 0 Å². The van der Waals surface area contributed by atoms with Crippen molar-refractivity contribution in [3.05, 3.63) is 0 Å². The SMILES string of the molecule is CC1CCN(CCC2CCOCC2)C1. The molecule has 0 aromatic rings. The molecule has 0 N–H and O–H groups in total. The lowest BCUT2D eigenvalue weighted by Gasteiger charge is -2.24. The highest BCUT2D eigenvalue weighted by Gasteiger charge is 2.20. The maximum Gasteiger partial charge on any atom is 0.0468 e. The predicted octanol–water partition coefficient (Wildman–Crippen LogP) is 2.14. The van der Waals surface area contributed by atoms with Crippen LogP contribution >= 0.6 is 0 Å². The third-order valence-corrected chi connectivity index (χ3v) is 3.70. The van der Waals surface area contributed by atoms with Crippen molar-refractivity contribution in [3.63, 3.8) is 0 Å². The van der Waals surface area contributed by atoms with Gasteiger partial charge in [-0.3, -0.25) is 0 Å². The molecule has 2 fully saturated rings. The molecule has 0 radical (unpaired) electrons. The molecular weight excluding hydrogens is 174 g/mol. The summed E-state index contributed by atoms with van der Waals surface area (Å²) in [4.78, 5) is 2.64. The van der Waals surface area contributed by atoms with E-state index in [1.807, 2.05) is 0 Å². The Balaban J connectivity index is 1.61. The van der Waals surface area contributed by atoms with Gasteiger partial charge in [0.25, 0.3) is 0 Å². The first-order chi connectivity index (χ1) is 6.84. The fourth-order valence-electron chi connectivity index (χ4n) is 2.63. The van der Waals surface area contributed by atoms with Crippen LogP contribution in [0.25, 0.3) is 0 Å². The second kappa shape index (κ2) is 5.13. The van der Waals surface area contributed by atoms with Gasteiger partial charge in [-0.15, -0.1) is 0 Å². The molecule has 2 saturated heterocycles. The number of ether oxygens (including phenoxy) is 1. The van der Waals surface area contributed by atoms with E-state index in [2.05, 4.69) is 11.8 Å². The lowest BCUT2D eigenvalue weighted by atomic mass is 9.96. The summed E-state index contributed by atoms with van der Waals surface area (Å²) >= 11 is 0. The van der Waals surface area contributed by atoms with Gasteiger partial charge in [-0.05, 0) is 50.6 Å². The normalized spacial score (nSPS) is 31.1. The topological polar surface area (TPSA) is 12.5 Å². The van der Waals surface area contributed by atoms with Gasteiger partial charge in [0.15, 0.2) is 0 Å². The summed E-state index contributed by atoms with van der Waals surface area (Å²) in [5.74, 6) is 1.88. The molecule has 1 atom stereocenters. The van der Waals surface area contributed by atoms with Crippen molar-refractivity contribution >= 4 is 0 Å². The van der Waals surface area contributed by atoms with Crippen LogP contribution in [0.4, 0.5) is 0 Å². The first kappa shape index (κ1) is 10.4. The van der Waals surface area contributed by atoms with E-state index in [0.29, 0.717) is 0 Å². The molecule has 1 unspecified atom stereocenters. The second-order valence-corrected chi connectivity index (χ2v) is 5.04. The Hall–Kier alpha value is -0.0800. The summed E-state index contributed by atoms with van der Waals surface area (Å²) in [6.07, 6.45) is 5.40. The summed E-state index contributed by atoms with van der Waals surface area (Å²) in [6, 6.07) is 0. The molecule has 2 rings (SSSR count). The zero-order chi connectivity index (χ0) is 9.80. The van der Waals surface area contributed by atoms with Crippen molar-refractivity contribution in [1.82, 2.24) is 4.90 Å². The molecule has 14 heavy (non-hydrogen) atoms. The fraction of sp³-hybridized carbons (Fsp3) is 1.00. The molecular formula is C12H23NO. The van der Waals surface area contributed by atoms with Gasteiger partial charge >= 0.3 is 0 Å². The average Bonchev–Trinajstić information content (AvgIpc) is 2.63. The number of hydrogen-bond acceptors (Lipinski definition) is 2. The third kappa shape index (κ3) is 2.96. The molecule has 0 aromatic heterocycles. The van der Waals surface area contributed by atoms with Gasteiger partial charge in [0, 0.05) is 19.8 Å². The summed E-state index contributed by atoms with van der Waals surface area (Å²) in [7, 11) is 0. The monoisotopic (exact) mass is 197 g/mol. The highest BCUT2D eigenvalue weighted by Crippen LogP contribution is 2.21. The van der Waals surface area contributed by atoms with Crippen molar-refractivity contribution in [3.8, 4) is 0 Å². The van der Waals surface area contributed by atoms with Crippen LogP contribution in [0, 0.1) is 11.8 Å². The lowest BCUT2D eigenvalue weighted by Crippen LogP contribution is -2.25. The van der Waals surface area contributed by atoms with E-state index < -0.39 is 0 Å². The minimum absolute atomic E-state index is 0.935. The molecule has 0 spiro atoms. The van der Waals surface area contributed by atoms with Crippen LogP contribution in [-0.2, 0) is 4.74 Å². The van der Waals surface area contributed by atoms with Crippen LogP contribution in [0.1, 0.15) is 32.6 Å². The number of nitrogens with zero attached hydrogens (tertiary/aromatic N) is 1. The first-order valence-electron chi connectivity index (χ1n) is 6.14. The summed E-state index contributed by atoms with van der Waals surface area (Å²) < 4.78 is 5.37. The summed E-state index contributed by atoms with van der Waals surface area (Å²) in [5, 5.41) is 0. The Kier molecular flexibility index (Phi) is 3.82. The smallest absolute Gasteiger partial charge is 0.0468 e. The van der Waals surface area contributed by atoms with Crippen molar-refractivity contribution in [2.24, 2.45) is 11.8 Å². The fourth-order valence-corrected chi connectivity index (χ4v) is 2.63. The summed E-state index contributed by atoms with van der Waals surface area (Å²) in [6.45, 7) is 8.37. The first-order valence-corrected chi connectivity index (χ1v) is 6.14. The van der Waals surface area contributed by atoms with Gasteiger partial charge in [-0.25, -0.2) is 0 Å². The molecule has 2 aliphatic rings. The lowest BCUT2D eigenvalue weighted by molar-refractivity contribution is 0.0609. The molecule has 0 bridgehead atoms. The standard InChI is InChI=1S/C12H23NO/c1-11-2-6-13(10-11)7-3-12-4-8-14-9-5-12/h11-12H,2-10H2,1H3. The highest BCUT2D eigenvalue weighted by molar-refractivity contribution is 4.74. The molecule has 2 heteroatoms. The zero-order valence-corrected chi connectivity index (χ0v) is 9.37. The van der Waals surface area contributed by atoms with Crippen LogP contribution in [-0.4, -0.2) is 37.7 Å². The number of likely N-dealkylation sites (tertiary alicyclic amines) is 1. The average molecular weight is 197 g/mol. The van der Waals surface area contributed by atoms with Gasteiger partial charge in [-0.1, -0.05) is 6.92 Å². The van der Waals surface area contributed by atoms with Crippen molar-refractivity contribution in [2.45, 2.75) is 32.6 Å². The van der Waals surface area contributed by atoms with Crippen molar-refractivity contribution in [2.75, 3.05) is 32.8 Å². The van der Waals surface area contributed by atoms with Crippen LogP contribution in [0.2, 0.25) is 0 Å². The molecule has 2 heterocycles. The molecule has 2 nitrogen and oxygen atoms in total. The van der Waals surface area contributed by atoms with E-state index in [9.17, 15) is 0 Å². The van der Waals surface area contributed by atoms with Crippen LogP contribution < -0.4 is 0 Å². The molecule has 2 aliphatic heterocycles. The number of rotatable bonds is 3. The largest absolute Gasteiger partial charge is 0.381 e. The summed E-state index contributed by atoms with van der Waals surface area (Å²) in [5.41, 5.74) is 0. The van der Waals surface area contributed by atoms with E-state index in [4.69, 9.17) is 4.74 Å². The van der Waals surface area contributed by atoms with Crippen LogP contribution in [0.15, 0.2) is 0 Å². The zero-order valence-electron chi connectivity index (χ0n) is 9.37. The Bertz CT molecular complexity index is 161. The van der Waals surface area contributed by atoms with Gasteiger partial charge in [0.1, 0.15) is 0 Å². The van der Waals surface area contributed by atoms with Gasteiger partial charge < -0.3 is 9.64 Å². The molecule has 0 saturated carbocycles. The minimum atomic E-state index is 0.935. The van der Waals surface area contributed by atoms with Gasteiger partial charge in [0.2, 0.25) is 0 Å². The maximum atomic E-state index is 5.37. The van der Waals surface area contributed by atoms with Crippen molar-refractivity contribution < 1.29 is 4.74 Å². The maximum absolute atomic E-state index is 5.37. The molecule has 0 aliphatic carbocycles. The Morgan fingerprint density at radius 1 is 1.21 bits per heavy atom. The van der Waals surface area contributed by atoms with E-state index >= 15 is 0 Å². The highest BCUT2D eigenvalue weighted by atomic mass is 16.5. The van der Waals surface area contributed by atoms with Gasteiger partial charge in [0.05, 0.1) is 0 Å². The Morgan fingerprint density at radius 3 is 2.64 bits per heavy atom. The van der Waals surface area contributed by atoms with E-state index in [0.717, 1.165) is 25.0 Å². The van der Waals surface area contributed by atoms with E-state index in [-0.39, 0.29) is 0 Å². The Labute approximate surface area is 87.6 Å². The van der Waals surface area contributed by atoms with Crippen LogP contribution in [0.3, 0.4) is 0 Å². The molecule has 0 amide bonds. The third-order valence-electron chi connectivity index (χ3n) is 3.70. The quantitative estimate of drug-likeness (QED) is 0.687. The number of hydrogen-bond donors (Lipinski definition) is 0. The van der Waals surface area contributed by atoms with Crippen molar-refractivity contribution in [1.29, 1.82) is 0 Å². The Morgan fingerprint density at radius 2 is 2.00 bits per heavy atom. The predicted molar refractivity (Wildman–Crippen MR) is 58.4 cm³/mol. The second-order valence-electron chi connectivity index (χ2n) is 5.04. The van der Waals surface area contributed by atoms with Gasteiger partial charge in [-0.2, -0.15) is 0 Å². The molecule has 0 aromatic carbocycles. The molecule has 82 valence electrons. The minimum Gasteiger partial charge on any atom is -0.381 e. The van der Waals surface area contributed by atoms with E-state index in [1.165, 1.54) is 45.3 Å². The van der Waals surface area contributed by atoms with E-state index in [1.54, 1.807) is 0 Å².